The molecule has 1 N–H and O–H groups in total. The molecular weight excluding hydrogens is 206 g/mol. The second-order valence-corrected chi connectivity index (χ2v) is 4.43. The Morgan fingerprint density at radius 2 is 2.19 bits per heavy atom. The Bertz CT molecular complexity index is 358. The zero-order valence-corrected chi connectivity index (χ0v) is 9.52. The van der Waals surface area contributed by atoms with Crippen molar-refractivity contribution in [2.45, 2.75) is 12.6 Å². The van der Waals surface area contributed by atoms with Crippen molar-refractivity contribution in [3.05, 3.63) is 11.7 Å². The van der Waals surface area contributed by atoms with E-state index in [1.54, 1.807) is 0 Å². The van der Waals surface area contributed by atoms with E-state index in [4.69, 9.17) is 4.52 Å². The summed E-state index contributed by atoms with van der Waals surface area (Å²) < 4.78 is 5.20. The zero-order chi connectivity index (χ0) is 11.0. The highest BCUT2D eigenvalue weighted by molar-refractivity contribution is 5.01. The first-order valence-corrected chi connectivity index (χ1v) is 5.80. The van der Waals surface area contributed by atoms with Gasteiger partial charge in [0.05, 0.1) is 12.6 Å². The Balaban J connectivity index is 1.76. The molecule has 6 heteroatoms. The molecule has 4 rings (SSSR count). The molecule has 0 aliphatic carbocycles. The summed E-state index contributed by atoms with van der Waals surface area (Å²) in [5, 5.41) is 7.10. The molecule has 1 atom stereocenters. The quantitative estimate of drug-likeness (QED) is 0.743. The Morgan fingerprint density at radius 3 is 2.81 bits per heavy atom. The summed E-state index contributed by atoms with van der Waals surface area (Å²) in [5.74, 6) is 1.52. The minimum absolute atomic E-state index is 0.330. The molecule has 88 valence electrons. The molecule has 0 amide bonds. The molecule has 4 heterocycles. The summed E-state index contributed by atoms with van der Waals surface area (Å²) in [5.41, 5.74) is 0. The molecule has 3 fully saturated rings. The predicted octanol–water partition coefficient (Wildman–Crippen LogP) is -0.539. The predicted molar refractivity (Wildman–Crippen MR) is 57.8 cm³/mol. The van der Waals surface area contributed by atoms with E-state index in [2.05, 4.69) is 25.3 Å². The van der Waals surface area contributed by atoms with Crippen LogP contribution in [0.3, 0.4) is 0 Å². The summed E-state index contributed by atoms with van der Waals surface area (Å²) in [6, 6.07) is 0.330. The molecular formula is C10H17N5O. The third kappa shape index (κ3) is 1.73. The van der Waals surface area contributed by atoms with Crippen molar-refractivity contribution in [2.24, 2.45) is 0 Å². The van der Waals surface area contributed by atoms with E-state index in [-0.39, 0.29) is 0 Å². The van der Waals surface area contributed by atoms with E-state index in [9.17, 15) is 0 Å². The third-order valence-electron chi connectivity index (χ3n) is 3.39. The summed E-state index contributed by atoms with van der Waals surface area (Å²) in [6.07, 6.45) is 0. The van der Waals surface area contributed by atoms with Crippen LogP contribution in [0.1, 0.15) is 17.8 Å². The summed E-state index contributed by atoms with van der Waals surface area (Å²) in [6.45, 7) is 6.29. The number of fused-ring (bicyclic) bond motifs is 3. The molecule has 16 heavy (non-hydrogen) atoms. The number of hydrogen-bond acceptors (Lipinski definition) is 6. The normalized spacial score (nSPS) is 33.2. The molecule has 3 saturated heterocycles. The second-order valence-electron chi connectivity index (χ2n) is 4.43. The number of piperazine rings is 3. The van der Waals surface area contributed by atoms with Crippen molar-refractivity contribution >= 4 is 0 Å². The van der Waals surface area contributed by atoms with Gasteiger partial charge in [-0.3, -0.25) is 9.80 Å². The first-order valence-electron chi connectivity index (χ1n) is 5.80. The van der Waals surface area contributed by atoms with Crippen molar-refractivity contribution in [3.63, 3.8) is 0 Å². The molecule has 2 bridgehead atoms. The van der Waals surface area contributed by atoms with Crippen molar-refractivity contribution in [3.8, 4) is 0 Å². The van der Waals surface area contributed by atoms with Gasteiger partial charge in [0, 0.05) is 32.7 Å². The van der Waals surface area contributed by atoms with Gasteiger partial charge in [0.15, 0.2) is 5.82 Å². The van der Waals surface area contributed by atoms with E-state index >= 15 is 0 Å². The fraction of sp³-hybridized carbons (Fsp3) is 0.800. The highest BCUT2D eigenvalue weighted by atomic mass is 16.5. The smallest absolute Gasteiger partial charge is 0.240 e. The van der Waals surface area contributed by atoms with Crippen molar-refractivity contribution < 1.29 is 4.52 Å². The van der Waals surface area contributed by atoms with Crippen LogP contribution >= 0.6 is 0 Å². The Morgan fingerprint density at radius 1 is 1.38 bits per heavy atom. The molecule has 0 saturated carbocycles. The number of nitrogens with zero attached hydrogens (tertiary/aromatic N) is 4. The lowest BCUT2D eigenvalue weighted by atomic mass is 10.1. The number of aromatic nitrogens is 2. The van der Waals surface area contributed by atoms with Gasteiger partial charge < -0.3 is 9.84 Å². The van der Waals surface area contributed by atoms with Gasteiger partial charge in [-0.25, -0.2) is 0 Å². The third-order valence-corrected chi connectivity index (χ3v) is 3.39. The highest BCUT2D eigenvalue weighted by Crippen LogP contribution is 2.26. The number of nitrogens with one attached hydrogen (secondary N) is 1. The summed E-state index contributed by atoms with van der Waals surface area (Å²) >= 11 is 0. The maximum Gasteiger partial charge on any atom is 0.240 e. The van der Waals surface area contributed by atoms with Crippen LogP contribution in [0.4, 0.5) is 0 Å². The maximum absolute atomic E-state index is 5.20. The number of rotatable bonds is 3. The Labute approximate surface area is 94.6 Å². The van der Waals surface area contributed by atoms with Gasteiger partial charge in [-0.05, 0) is 7.05 Å². The maximum atomic E-state index is 5.20. The van der Waals surface area contributed by atoms with Gasteiger partial charge in [-0.15, -0.1) is 0 Å². The molecule has 0 spiro atoms. The van der Waals surface area contributed by atoms with E-state index < -0.39 is 0 Å². The molecule has 3 aliphatic rings. The molecule has 1 unspecified atom stereocenters. The van der Waals surface area contributed by atoms with E-state index in [1.165, 1.54) is 13.1 Å². The van der Waals surface area contributed by atoms with Gasteiger partial charge in [-0.2, -0.15) is 4.98 Å². The first kappa shape index (κ1) is 10.2. The standard InChI is InChI=1S/C10H17N5O/c1-11-6-9-12-10(13-16-9)8-7-14-2-4-15(8)5-3-14/h8,11H,2-7H2,1H3. The van der Waals surface area contributed by atoms with Crippen LogP contribution in [0.25, 0.3) is 0 Å². The summed E-state index contributed by atoms with van der Waals surface area (Å²) in [7, 11) is 1.88. The fourth-order valence-corrected chi connectivity index (χ4v) is 2.49. The van der Waals surface area contributed by atoms with Crippen LogP contribution in [0.15, 0.2) is 4.52 Å². The lowest BCUT2D eigenvalue weighted by molar-refractivity contribution is 0.00781. The van der Waals surface area contributed by atoms with Crippen LogP contribution in [-0.4, -0.2) is 59.7 Å². The minimum Gasteiger partial charge on any atom is -0.338 e. The molecule has 3 aliphatic heterocycles. The van der Waals surface area contributed by atoms with E-state index in [1.807, 2.05) is 7.05 Å². The molecule has 0 aromatic carbocycles. The van der Waals surface area contributed by atoms with Gasteiger partial charge >= 0.3 is 0 Å². The Hall–Kier alpha value is -0.980. The van der Waals surface area contributed by atoms with Crippen molar-refractivity contribution in [2.75, 3.05) is 39.8 Å². The topological polar surface area (TPSA) is 57.4 Å². The first-order chi connectivity index (χ1) is 7.86. The summed E-state index contributed by atoms with van der Waals surface area (Å²) in [4.78, 5) is 9.36. The van der Waals surface area contributed by atoms with Crippen LogP contribution in [0, 0.1) is 0 Å². The average molecular weight is 223 g/mol. The van der Waals surface area contributed by atoms with Gasteiger partial charge in [0.1, 0.15) is 0 Å². The molecule has 1 aromatic heterocycles. The lowest BCUT2D eigenvalue weighted by Gasteiger charge is -2.46. The highest BCUT2D eigenvalue weighted by Gasteiger charge is 2.35. The van der Waals surface area contributed by atoms with Crippen molar-refractivity contribution in [1.82, 2.24) is 25.3 Å². The number of hydrogen-bond donors (Lipinski definition) is 1. The lowest BCUT2D eigenvalue weighted by Crippen LogP contribution is -2.57. The SMILES string of the molecule is CNCc1nc(C2CN3CCN2CC3)no1. The fourth-order valence-electron chi connectivity index (χ4n) is 2.49. The van der Waals surface area contributed by atoms with Crippen LogP contribution in [0.5, 0.6) is 0 Å². The largest absolute Gasteiger partial charge is 0.338 e. The molecule has 0 radical (unpaired) electrons. The van der Waals surface area contributed by atoms with Crippen LogP contribution in [-0.2, 0) is 6.54 Å². The molecule has 6 nitrogen and oxygen atoms in total. The minimum atomic E-state index is 0.330. The van der Waals surface area contributed by atoms with Gasteiger partial charge in [-0.1, -0.05) is 5.16 Å². The average Bonchev–Trinajstić information content (AvgIpc) is 2.80. The molecule has 1 aromatic rings. The zero-order valence-electron chi connectivity index (χ0n) is 9.52. The van der Waals surface area contributed by atoms with E-state index in [0.717, 1.165) is 25.5 Å². The van der Waals surface area contributed by atoms with Gasteiger partial charge in [0.2, 0.25) is 5.89 Å². The van der Waals surface area contributed by atoms with Crippen LogP contribution < -0.4 is 5.32 Å². The monoisotopic (exact) mass is 223 g/mol. The van der Waals surface area contributed by atoms with Gasteiger partial charge in [0.25, 0.3) is 0 Å². The van der Waals surface area contributed by atoms with Crippen LogP contribution in [0.2, 0.25) is 0 Å². The Kier molecular flexibility index (Phi) is 2.62. The van der Waals surface area contributed by atoms with E-state index in [0.29, 0.717) is 18.5 Å². The second kappa shape index (κ2) is 4.12. The van der Waals surface area contributed by atoms with Crippen molar-refractivity contribution in [1.29, 1.82) is 0 Å².